The molecule has 1 aromatic carbocycles. The van der Waals surface area contributed by atoms with Crippen molar-refractivity contribution in [3.63, 3.8) is 0 Å². The number of nitrogens with zero attached hydrogens (tertiary/aromatic N) is 1. The van der Waals surface area contributed by atoms with Crippen molar-refractivity contribution < 1.29 is 18.7 Å². The Bertz CT molecular complexity index is 826. The molecule has 28 heavy (non-hydrogen) atoms. The number of fused-ring (bicyclic) bond motifs is 1. The summed E-state index contributed by atoms with van der Waals surface area (Å²) in [5.74, 6) is -0.104. The summed E-state index contributed by atoms with van der Waals surface area (Å²) < 4.78 is 20.5. The highest BCUT2D eigenvalue weighted by molar-refractivity contribution is 6.00. The molecular formula is C22H29FN2O3. The Morgan fingerprint density at radius 3 is 2.64 bits per heavy atom. The van der Waals surface area contributed by atoms with E-state index in [9.17, 15) is 14.0 Å². The fourth-order valence-corrected chi connectivity index (χ4v) is 4.43. The van der Waals surface area contributed by atoms with Crippen molar-refractivity contribution in [1.82, 2.24) is 4.90 Å². The van der Waals surface area contributed by atoms with Crippen molar-refractivity contribution in [2.24, 2.45) is 11.3 Å². The molecule has 1 spiro atoms. The average Bonchev–Trinajstić information content (AvgIpc) is 3.35. The molecule has 1 saturated carbocycles. The SMILES string of the molecule is C[C@H]1CCC(c2cc(F)c3c(c2)CC2(CC2)C(=O)N3)N(C(=O)OC(C)(C)C)C1. The summed E-state index contributed by atoms with van der Waals surface area (Å²) in [7, 11) is 0. The lowest BCUT2D eigenvalue weighted by atomic mass is 9.85. The van der Waals surface area contributed by atoms with Gasteiger partial charge in [0.2, 0.25) is 5.91 Å². The predicted octanol–water partition coefficient (Wildman–Crippen LogP) is 4.81. The minimum atomic E-state index is -0.577. The van der Waals surface area contributed by atoms with Crippen LogP contribution in [-0.4, -0.2) is 29.0 Å². The normalized spacial score (nSPS) is 25.9. The van der Waals surface area contributed by atoms with Gasteiger partial charge in [-0.05, 0) is 76.0 Å². The molecule has 0 aromatic heterocycles. The molecule has 152 valence electrons. The van der Waals surface area contributed by atoms with E-state index < -0.39 is 11.4 Å². The predicted molar refractivity (Wildman–Crippen MR) is 104 cm³/mol. The van der Waals surface area contributed by atoms with Crippen molar-refractivity contribution in [2.45, 2.75) is 71.4 Å². The van der Waals surface area contributed by atoms with Crippen LogP contribution >= 0.6 is 0 Å². The summed E-state index contributed by atoms with van der Waals surface area (Å²) in [6.45, 7) is 8.27. The van der Waals surface area contributed by atoms with Crippen molar-refractivity contribution in [1.29, 1.82) is 0 Å². The van der Waals surface area contributed by atoms with E-state index in [2.05, 4.69) is 12.2 Å². The molecule has 0 bridgehead atoms. The van der Waals surface area contributed by atoms with E-state index in [4.69, 9.17) is 4.74 Å². The molecule has 6 heteroatoms. The van der Waals surface area contributed by atoms with Crippen LogP contribution in [0.15, 0.2) is 12.1 Å². The van der Waals surface area contributed by atoms with Crippen LogP contribution in [0.5, 0.6) is 0 Å². The van der Waals surface area contributed by atoms with Crippen LogP contribution < -0.4 is 5.32 Å². The van der Waals surface area contributed by atoms with Gasteiger partial charge in [0.15, 0.2) is 0 Å². The second kappa shape index (κ2) is 6.46. The Morgan fingerprint density at radius 2 is 2.00 bits per heavy atom. The van der Waals surface area contributed by atoms with E-state index in [1.54, 1.807) is 4.90 Å². The van der Waals surface area contributed by atoms with Gasteiger partial charge in [-0.3, -0.25) is 4.79 Å². The van der Waals surface area contributed by atoms with Gasteiger partial charge < -0.3 is 15.0 Å². The van der Waals surface area contributed by atoms with E-state index in [-0.39, 0.29) is 23.5 Å². The summed E-state index contributed by atoms with van der Waals surface area (Å²) in [5, 5.41) is 2.76. The van der Waals surface area contributed by atoms with Gasteiger partial charge in [0.1, 0.15) is 11.4 Å². The van der Waals surface area contributed by atoms with Gasteiger partial charge in [-0.15, -0.1) is 0 Å². The number of ether oxygens (including phenoxy) is 1. The Labute approximate surface area is 165 Å². The van der Waals surface area contributed by atoms with Crippen LogP contribution in [0.25, 0.3) is 0 Å². The highest BCUT2D eigenvalue weighted by atomic mass is 19.1. The van der Waals surface area contributed by atoms with E-state index >= 15 is 0 Å². The maximum atomic E-state index is 14.9. The Hall–Kier alpha value is -2.11. The maximum Gasteiger partial charge on any atom is 0.410 e. The molecule has 4 rings (SSSR count). The lowest BCUT2D eigenvalue weighted by Gasteiger charge is -2.40. The van der Waals surface area contributed by atoms with Gasteiger partial charge in [0, 0.05) is 6.54 Å². The number of halogens is 1. The molecule has 2 aliphatic heterocycles. The number of hydrogen-bond donors (Lipinski definition) is 1. The quantitative estimate of drug-likeness (QED) is 0.751. The van der Waals surface area contributed by atoms with Crippen LogP contribution in [0.3, 0.4) is 0 Å². The van der Waals surface area contributed by atoms with Crippen LogP contribution in [0.4, 0.5) is 14.9 Å². The van der Waals surface area contributed by atoms with Crippen LogP contribution in [0.2, 0.25) is 0 Å². The van der Waals surface area contributed by atoms with E-state index in [0.29, 0.717) is 24.6 Å². The standard InChI is InChI=1S/C22H29FN2O3/c1-13-5-6-17(25(12-13)20(27)28-21(2,3)4)14-9-15-11-22(7-8-22)19(26)24-18(15)16(23)10-14/h9-10,13,17H,5-8,11-12H2,1-4H3,(H,24,26)/t13-,17?/m0/s1. The molecule has 2 amide bonds. The van der Waals surface area contributed by atoms with Gasteiger partial charge in [-0.25, -0.2) is 9.18 Å². The minimum absolute atomic E-state index is 0.0616. The second-order valence-corrected chi connectivity index (χ2v) is 9.78. The lowest BCUT2D eigenvalue weighted by molar-refractivity contribution is -0.121. The number of piperidine rings is 1. The first-order valence-electron chi connectivity index (χ1n) is 10.2. The summed E-state index contributed by atoms with van der Waals surface area (Å²) in [6, 6.07) is 3.25. The number of amides is 2. The first-order valence-corrected chi connectivity index (χ1v) is 10.2. The van der Waals surface area contributed by atoms with Gasteiger partial charge in [0.05, 0.1) is 17.1 Å². The zero-order chi connectivity index (χ0) is 20.3. The van der Waals surface area contributed by atoms with E-state index in [1.807, 2.05) is 26.8 Å². The largest absolute Gasteiger partial charge is 0.444 e. The smallest absolute Gasteiger partial charge is 0.410 e. The van der Waals surface area contributed by atoms with Gasteiger partial charge >= 0.3 is 6.09 Å². The maximum absolute atomic E-state index is 14.9. The third-order valence-corrected chi connectivity index (χ3v) is 6.13. The number of nitrogens with one attached hydrogen (secondary N) is 1. The fourth-order valence-electron chi connectivity index (χ4n) is 4.43. The molecule has 1 aromatic rings. The molecule has 1 unspecified atom stereocenters. The highest BCUT2D eigenvalue weighted by Crippen LogP contribution is 2.53. The van der Waals surface area contributed by atoms with E-state index in [0.717, 1.165) is 36.8 Å². The Morgan fingerprint density at radius 1 is 1.29 bits per heavy atom. The molecule has 2 fully saturated rings. The van der Waals surface area contributed by atoms with Crippen molar-refractivity contribution in [3.05, 3.63) is 29.1 Å². The monoisotopic (exact) mass is 388 g/mol. The summed E-state index contributed by atoms with van der Waals surface area (Å²) >= 11 is 0. The molecule has 1 saturated heterocycles. The van der Waals surface area contributed by atoms with E-state index in [1.165, 1.54) is 6.07 Å². The fraction of sp³-hybridized carbons (Fsp3) is 0.636. The lowest BCUT2D eigenvalue weighted by Crippen LogP contribution is -2.44. The number of carbonyl (C=O) groups is 2. The second-order valence-electron chi connectivity index (χ2n) is 9.78. The number of hydrogen-bond acceptors (Lipinski definition) is 3. The van der Waals surface area contributed by atoms with Crippen LogP contribution in [-0.2, 0) is 16.0 Å². The Kier molecular flexibility index (Phi) is 4.43. The topological polar surface area (TPSA) is 58.6 Å². The number of carbonyl (C=O) groups excluding carboxylic acids is 2. The number of rotatable bonds is 1. The number of benzene rings is 1. The molecule has 2 atom stereocenters. The average molecular weight is 388 g/mol. The molecule has 5 nitrogen and oxygen atoms in total. The van der Waals surface area contributed by atoms with Crippen molar-refractivity contribution in [3.8, 4) is 0 Å². The zero-order valence-corrected chi connectivity index (χ0v) is 17.1. The Balaban J connectivity index is 1.66. The summed E-state index contributed by atoms with van der Waals surface area (Å²) in [4.78, 5) is 26.8. The molecule has 3 aliphatic rings. The third kappa shape index (κ3) is 3.49. The van der Waals surface area contributed by atoms with Gasteiger partial charge in [-0.2, -0.15) is 0 Å². The zero-order valence-electron chi connectivity index (χ0n) is 17.1. The van der Waals surface area contributed by atoms with Gasteiger partial charge in [0.25, 0.3) is 0 Å². The number of likely N-dealkylation sites (tertiary alicyclic amines) is 1. The first kappa shape index (κ1) is 19.2. The van der Waals surface area contributed by atoms with Crippen LogP contribution in [0, 0.1) is 17.2 Å². The van der Waals surface area contributed by atoms with Crippen LogP contribution in [0.1, 0.15) is 70.5 Å². The van der Waals surface area contributed by atoms with Gasteiger partial charge in [-0.1, -0.05) is 13.0 Å². The molecule has 2 heterocycles. The number of anilines is 1. The minimum Gasteiger partial charge on any atom is -0.444 e. The highest BCUT2D eigenvalue weighted by Gasteiger charge is 2.52. The molecule has 1 aliphatic carbocycles. The molecule has 1 N–H and O–H groups in total. The van der Waals surface area contributed by atoms with Crippen molar-refractivity contribution in [2.75, 3.05) is 11.9 Å². The summed E-state index contributed by atoms with van der Waals surface area (Å²) in [5.41, 5.74) is 1.02. The van der Waals surface area contributed by atoms with Crippen molar-refractivity contribution >= 4 is 17.7 Å². The summed E-state index contributed by atoms with van der Waals surface area (Å²) in [6.07, 6.45) is 3.69. The third-order valence-electron chi connectivity index (χ3n) is 6.13. The first-order chi connectivity index (χ1) is 13.1. The molecular weight excluding hydrogens is 359 g/mol. The molecule has 0 radical (unpaired) electrons.